The highest BCUT2D eigenvalue weighted by Gasteiger charge is 2.47. The van der Waals surface area contributed by atoms with E-state index >= 15 is 4.39 Å². The van der Waals surface area contributed by atoms with Crippen LogP contribution in [0.2, 0.25) is 0 Å². The Hall–Kier alpha value is -5.19. The standard InChI is InChI=1S/C31H26F2N6O3/c1-17-13-23(42-2)22(30(41)37-31(8-9-31)24-16-35-10-11-36-24)15-20(17)14-19-7-12-39-28(26(19)33)25(29(34)40)27(38-39)18-3-5-21(32)6-4-18/h3-7,10-13,15-16H,8-9,14H2,1-2H3,(H2,34,40)(H,37,41). The van der Waals surface area contributed by atoms with E-state index in [1.807, 2.05) is 6.92 Å². The van der Waals surface area contributed by atoms with Gasteiger partial charge in [0.05, 0.1) is 35.7 Å². The Bertz CT molecular complexity index is 1850. The molecule has 2 aromatic carbocycles. The van der Waals surface area contributed by atoms with Crippen LogP contribution in [-0.4, -0.2) is 38.5 Å². The third kappa shape index (κ3) is 4.72. The van der Waals surface area contributed by atoms with Gasteiger partial charge in [-0.2, -0.15) is 5.10 Å². The van der Waals surface area contributed by atoms with Crippen molar-refractivity contribution in [2.45, 2.75) is 31.7 Å². The summed E-state index contributed by atoms with van der Waals surface area (Å²) in [6, 6.07) is 10.3. The highest BCUT2D eigenvalue weighted by Crippen LogP contribution is 2.44. The van der Waals surface area contributed by atoms with Crippen LogP contribution in [0.4, 0.5) is 8.78 Å². The maximum Gasteiger partial charge on any atom is 0.255 e. The highest BCUT2D eigenvalue weighted by molar-refractivity contribution is 6.05. The normalized spacial score (nSPS) is 13.6. The molecule has 42 heavy (non-hydrogen) atoms. The molecule has 212 valence electrons. The number of hydrogen-bond donors (Lipinski definition) is 2. The molecule has 11 heteroatoms. The van der Waals surface area contributed by atoms with Gasteiger partial charge in [0, 0.05) is 30.6 Å². The molecule has 0 unspecified atom stereocenters. The molecular formula is C31H26F2N6O3. The Morgan fingerprint density at radius 1 is 1.10 bits per heavy atom. The minimum atomic E-state index is -0.864. The summed E-state index contributed by atoms with van der Waals surface area (Å²) < 4.78 is 36.3. The molecule has 1 fully saturated rings. The van der Waals surface area contributed by atoms with Gasteiger partial charge in [0.15, 0.2) is 5.82 Å². The van der Waals surface area contributed by atoms with E-state index in [1.165, 1.54) is 42.1 Å². The first kappa shape index (κ1) is 27.0. The van der Waals surface area contributed by atoms with Crippen molar-refractivity contribution in [1.82, 2.24) is 24.9 Å². The molecule has 6 rings (SSSR count). The molecule has 1 saturated carbocycles. The van der Waals surface area contributed by atoms with Gasteiger partial charge in [0.2, 0.25) is 0 Å². The van der Waals surface area contributed by atoms with E-state index in [2.05, 4.69) is 20.4 Å². The third-order valence-electron chi connectivity index (χ3n) is 7.62. The first-order chi connectivity index (χ1) is 20.2. The van der Waals surface area contributed by atoms with E-state index in [0.29, 0.717) is 28.1 Å². The molecule has 9 nitrogen and oxygen atoms in total. The first-order valence-electron chi connectivity index (χ1n) is 13.2. The number of nitrogens with two attached hydrogens (primary N) is 1. The molecule has 3 aromatic heterocycles. The number of carbonyl (C=O) groups excluding carboxylic acids is 2. The largest absolute Gasteiger partial charge is 0.496 e. The van der Waals surface area contributed by atoms with E-state index < -0.39 is 23.1 Å². The van der Waals surface area contributed by atoms with Crippen LogP contribution >= 0.6 is 0 Å². The maximum absolute atomic E-state index is 16.1. The number of rotatable bonds is 8. The molecule has 0 aliphatic heterocycles. The number of nitrogens with zero attached hydrogens (tertiary/aromatic N) is 4. The fourth-order valence-electron chi connectivity index (χ4n) is 5.19. The fourth-order valence-corrected chi connectivity index (χ4v) is 5.19. The number of benzene rings is 2. The minimum absolute atomic E-state index is 0.0805. The predicted molar refractivity (Wildman–Crippen MR) is 150 cm³/mol. The molecule has 0 saturated heterocycles. The number of pyridine rings is 1. The molecule has 3 heterocycles. The quantitative estimate of drug-likeness (QED) is 0.284. The van der Waals surface area contributed by atoms with Gasteiger partial charge in [0.25, 0.3) is 11.8 Å². The second-order valence-electron chi connectivity index (χ2n) is 10.3. The maximum atomic E-state index is 16.1. The third-order valence-corrected chi connectivity index (χ3v) is 7.62. The van der Waals surface area contributed by atoms with E-state index in [1.54, 1.807) is 36.8 Å². The lowest BCUT2D eigenvalue weighted by Gasteiger charge is -2.19. The molecule has 3 N–H and O–H groups in total. The zero-order chi connectivity index (χ0) is 29.6. The second kappa shape index (κ2) is 10.3. The number of hydrogen-bond acceptors (Lipinski definition) is 6. The summed E-state index contributed by atoms with van der Waals surface area (Å²) in [7, 11) is 1.48. The summed E-state index contributed by atoms with van der Waals surface area (Å²) in [5, 5.41) is 7.44. The van der Waals surface area contributed by atoms with E-state index in [0.717, 1.165) is 18.4 Å². The topological polar surface area (TPSA) is 124 Å². The number of ether oxygens (including phenoxy) is 1. The summed E-state index contributed by atoms with van der Waals surface area (Å²) in [6.45, 7) is 1.85. The number of fused-ring (bicyclic) bond motifs is 1. The molecule has 5 aromatic rings. The van der Waals surface area contributed by atoms with Gasteiger partial charge in [-0.1, -0.05) is 0 Å². The number of aryl methyl sites for hydroxylation is 1. The second-order valence-corrected chi connectivity index (χ2v) is 10.3. The lowest BCUT2D eigenvalue weighted by molar-refractivity contribution is 0.0925. The van der Waals surface area contributed by atoms with Gasteiger partial charge in [-0.25, -0.2) is 13.3 Å². The van der Waals surface area contributed by atoms with Crippen LogP contribution in [0, 0.1) is 18.6 Å². The molecule has 1 aliphatic carbocycles. The van der Waals surface area contributed by atoms with Gasteiger partial charge in [-0.15, -0.1) is 0 Å². The Kier molecular flexibility index (Phi) is 6.64. The van der Waals surface area contributed by atoms with Crippen molar-refractivity contribution >= 4 is 17.3 Å². The lowest BCUT2D eigenvalue weighted by Crippen LogP contribution is -2.35. The van der Waals surface area contributed by atoms with Crippen LogP contribution in [0.15, 0.2) is 67.3 Å². The Morgan fingerprint density at radius 2 is 1.86 bits per heavy atom. The summed E-state index contributed by atoms with van der Waals surface area (Å²) in [6.07, 6.45) is 7.93. The van der Waals surface area contributed by atoms with Crippen LogP contribution in [-0.2, 0) is 12.0 Å². The van der Waals surface area contributed by atoms with Gasteiger partial charge in [0.1, 0.15) is 22.8 Å². The minimum Gasteiger partial charge on any atom is -0.496 e. The molecule has 0 spiro atoms. The number of aromatic nitrogens is 4. The van der Waals surface area contributed by atoms with Crippen molar-refractivity contribution in [1.29, 1.82) is 0 Å². The number of halogens is 2. The molecular weight excluding hydrogens is 542 g/mol. The number of carbonyl (C=O) groups is 2. The highest BCUT2D eigenvalue weighted by atomic mass is 19.1. The smallest absolute Gasteiger partial charge is 0.255 e. The monoisotopic (exact) mass is 568 g/mol. The van der Waals surface area contributed by atoms with Crippen LogP contribution in [0.3, 0.4) is 0 Å². The molecule has 1 aliphatic rings. The zero-order valence-corrected chi connectivity index (χ0v) is 22.8. The van der Waals surface area contributed by atoms with Crippen LogP contribution in [0.5, 0.6) is 5.75 Å². The van der Waals surface area contributed by atoms with Gasteiger partial charge in [-0.3, -0.25) is 19.6 Å². The van der Waals surface area contributed by atoms with Crippen molar-refractivity contribution in [2.24, 2.45) is 5.73 Å². The van der Waals surface area contributed by atoms with Crippen molar-refractivity contribution < 1.29 is 23.1 Å². The average Bonchev–Trinajstić information content (AvgIpc) is 3.66. The molecule has 0 radical (unpaired) electrons. The summed E-state index contributed by atoms with van der Waals surface area (Å²) in [4.78, 5) is 34.5. The Labute approximate surface area is 239 Å². The van der Waals surface area contributed by atoms with Gasteiger partial charge in [-0.05, 0) is 78.9 Å². The summed E-state index contributed by atoms with van der Waals surface area (Å²) >= 11 is 0. The van der Waals surface area contributed by atoms with Crippen molar-refractivity contribution in [2.75, 3.05) is 7.11 Å². The first-order valence-corrected chi connectivity index (χ1v) is 13.2. The molecule has 0 bridgehead atoms. The van der Waals surface area contributed by atoms with Crippen molar-refractivity contribution in [3.63, 3.8) is 0 Å². The van der Waals surface area contributed by atoms with E-state index in [4.69, 9.17) is 10.5 Å². The summed E-state index contributed by atoms with van der Waals surface area (Å²) in [5.74, 6) is -1.95. The van der Waals surface area contributed by atoms with Crippen LogP contribution in [0.25, 0.3) is 16.8 Å². The number of amides is 2. The fraction of sp³-hybridized carbons (Fsp3) is 0.194. The Balaban J connectivity index is 1.37. The SMILES string of the molecule is COc1cc(C)c(Cc2ccn3nc(-c4ccc(F)cc4)c(C(N)=O)c3c2F)cc1C(=O)NC1(c2cnccn2)CC1. The molecule has 2 amide bonds. The van der Waals surface area contributed by atoms with Crippen LogP contribution < -0.4 is 15.8 Å². The predicted octanol–water partition coefficient (Wildman–Crippen LogP) is 4.50. The average molecular weight is 569 g/mol. The zero-order valence-electron chi connectivity index (χ0n) is 22.8. The van der Waals surface area contributed by atoms with Crippen molar-refractivity contribution in [3.8, 4) is 17.0 Å². The number of methoxy groups -OCH3 is 1. The summed E-state index contributed by atoms with van der Waals surface area (Å²) in [5.41, 5.74) is 8.20. The Morgan fingerprint density at radius 3 is 2.50 bits per heavy atom. The number of nitrogens with one attached hydrogen (secondary N) is 1. The van der Waals surface area contributed by atoms with Gasteiger partial charge >= 0.3 is 0 Å². The van der Waals surface area contributed by atoms with Crippen LogP contribution in [0.1, 0.15) is 55.9 Å². The molecule has 0 atom stereocenters. The van der Waals surface area contributed by atoms with E-state index in [9.17, 15) is 14.0 Å². The van der Waals surface area contributed by atoms with Gasteiger partial charge < -0.3 is 15.8 Å². The number of primary amides is 1. The van der Waals surface area contributed by atoms with Crippen molar-refractivity contribution in [3.05, 3.63) is 112 Å². The lowest BCUT2D eigenvalue weighted by atomic mass is 9.96. The van der Waals surface area contributed by atoms with E-state index in [-0.39, 0.29) is 34.7 Å².